The van der Waals surface area contributed by atoms with Crippen molar-refractivity contribution in [2.75, 3.05) is 31.7 Å². The van der Waals surface area contributed by atoms with Gasteiger partial charge in [0.1, 0.15) is 5.82 Å². The van der Waals surface area contributed by atoms with E-state index < -0.39 is 0 Å². The number of nitrogens with zero attached hydrogens (tertiary/aromatic N) is 2. The first-order chi connectivity index (χ1) is 8.69. The SMILES string of the molecule is Cc1cc(CN)cc(N(C)CC2CCOCC2)n1. The molecule has 0 saturated carbocycles. The van der Waals surface area contributed by atoms with E-state index in [1.165, 1.54) is 0 Å². The summed E-state index contributed by atoms with van der Waals surface area (Å²) in [6, 6.07) is 4.14. The van der Waals surface area contributed by atoms with E-state index in [1.807, 2.05) is 13.0 Å². The minimum atomic E-state index is 0.571. The van der Waals surface area contributed by atoms with Gasteiger partial charge in [-0.3, -0.25) is 0 Å². The highest BCUT2D eigenvalue weighted by atomic mass is 16.5. The Labute approximate surface area is 109 Å². The smallest absolute Gasteiger partial charge is 0.128 e. The number of ether oxygens (including phenoxy) is 1. The lowest BCUT2D eigenvalue weighted by atomic mass is 10.00. The van der Waals surface area contributed by atoms with Crippen LogP contribution in [0, 0.1) is 12.8 Å². The van der Waals surface area contributed by atoms with Crippen LogP contribution in [0.2, 0.25) is 0 Å². The van der Waals surface area contributed by atoms with Gasteiger partial charge in [-0.05, 0) is 43.4 Å². The summed E-state index contributed by atoms with van der Waals surface area (Å²) in [6.07, 6.45) is 2.31. The molecule has 0 radical (unpaired) electrons. The topological polar surface area (TPSA) is 51.4 Å². The number of aromatic nitrogens is 1. The van der Waals surface area contributed by atoms with Crippen molar-refractivity contribution < 1.29 is 4.74 Å². The van der Waals surface area contributed by atoms with Crippen LogP contribution in [0.5, 0.6) is 0 Å². The summed E-state index contributed by atoms with van der Waals surface area (Å²) in [7, 11) is 2.11. The van der Waals surface area contributed by atoms with Crippen LogP contribution in [0.15, 0.2) is 12.1 Å². The van der Waals surface area contributed by atoms with E-state index in [2.05, 4.69) is 23.0 Å². The second-order valence-corrected chi connectivity index (χ2v) is 5.12. The van der Waals surface area contributed by atoms with Crippen LogP contribution in [-0.4, -0.2) is 31.8 Å². The van der Waals surface area contributed by atoms with E-state index in [0.717, 1.165) is 49.7 Å². The molecule has 2 heterocycles. The van der Waals surface area contributed by atoms with Gasteiger partial charge in [0.2, 0.25) is 0 Å². The average molecular weight is 249 g/mol. The third-order valence-electron chi connectivity index (χ3n) is 3.50. The van der Waals surface area contributed by atoms with Gasteiger partial charge in [-0.15, -0.1) is 0 Å². The number of hydrogen-bond donors (Lipinski definition) is 1. The van der Waals surface area contributed by atoms with E-state index in [1.54, 1.807) is 0 Å². The van der Waals surface area contributed by atoms with Gasteiger partial charge in [-0.1, -0.05) is 0 Å². The van der Waals surface area contributed by atoms with Crippen LogP contribution in [-0.2, 0) is 11.3 Å². The van der Waals surface area contributed by atoms with E-state index in [0.29, 0.717) is 12.5 Å². The normalized spacial score (nSPS) is 16.8. The molecular formula is C14H23N3O. The molecule has 1 saturated heterocycles. The summed E-state index contributed by atoms with van der Waals surface area (Å²) in [5.74, 6) is 1.74. The van der Waals surface area contributed by atoms with Gasteiger partial charge in [-0.2, -0.15) is 0 Å². The summed E-state index contributed by atoms with van der Waals surface area (Å²) in [5.41, 5.74) is 7.89. The van der Waals surface area contributed by atoms with Gasteiger partial charge in [0.25, 0.3) is 0 Å². The molecule has 1 aromatic rings. The second kappa shape index (κ2) is 6.16. The van der Waals surface area contributed by atoms with E-state index in [4.69, 9.17) is 10.5 Å². The Hall–Kier alpha value is -1.13. The molecule has 4 nitrogen and oxygen atoms in total. The van der Waals surface area contributed by atoms with E-state index >= 15 is 0 Å². The Morgan fingerprint density at radius 1 is 1.39 bits per heavy atom. The van der Waals surface area contributed by atoms with Crippen molar-refractivity contribution in [2.24, 2.45) is 11.7 Å². The third-order valence-corrected chi connectivity index (χ3v) is 3.50. The maximum absolute atomic E-state index is 5.71. The summed E-state index contributed by atoms with van der Waals surface area (Å²) in [4.78, 5) is 6.82. The molecule has 0 unspecified atom stereocenters. The number of anilines is 1. The molecule has 0 spiro atoms. The minimum absolute atomic E-state index is 0.571. The first-order valence-corrected chi connectivity index (χ1v) is 6.65. The molecule has 0 bridgehead atoms. The summed E-state index contributed by atoms with van der Waals surface area (Å²) < 4.78 is 5.39. The quantitative estimate of drug-likeness (QED) is 0.882. The van der Waals surface area contributed by atoms with Crippen molar-refractivity contribution in [2.45, 2.75) is 26.3 Å². The molecule has 0 aliphatic carbocycles. The fraction of sp³-hybridized carbons (Fsp3) is 0.643. The highest BCUT2D eigenvalue weighted by molar-refractivity contribution is 5.41. The Balaban J connectivity index is 2.02. The lowest BCUT2D eigenvalue weighted by Crippen LogP contribution is -2.30. The van der Waals surface area contributed by atoms with E-state index in [-0.39, 0.29) is 0 Å². The van der Waals surface area contributed by atoms with Gasteiger partial charge >= 0.3 is 0 Å². The lowest BCUT2D eigenvalue weighted by molar-refractivity contribution is 0.0685. The van der Waals surface area contributed by atoms with Crippen molar-refractivity contribution in [3.8, 4) is 0 Å². The van der Waals surface area contributed by atoms with Gasteiger partial charge < -0.3 is 15.4 Å². The van der Waals surface area contributed by atoms with Crippen molar-refractivity contribution in [1.29, 1.82) is 0 Å². The zero-order chi connectivity index (χ0) is 13.0. The Kier molecular flexibility index (Phi) is 4.55. The van der Waals surface area contributed by atoms with Crippen LogP contribution in [0.25, 0.3) is 0 Å². The summed E-state index contributed by atoms with van der Waals surface area (Å²) in [6.45, 7) is 5.43. The van der Waals surface area contributed by atoms with Gasteiger partial charge in [-0.25, -0.2) is 4.98 Å². The summed E-state index contributed by atoms with van der Waals surface area (Å²) >= 11 is 0. The number of aryl methyl sites for hydroxylation is 1. The zero-order valence-corrected chi connectivity index (χ0v) is 11.4. The molecule has 4 heteroatoms. The van der Waals surface area contributed by atoms with Crippen LogP contribution in [0.3, 0.4) is 0 Å². The highest BCUT2D eigenvalue weighted by Crippen LogP contribution is 2.19. The molecule has 2 N–H and O–H groups in total. The molecule has 100 valence electrons. The van der Waals surface area contributed by atoms with Crippen LogP contribution in [0.1, 0.15) is 24.1 Å². The first kappa shape index (κ1) is 13.3. The van der Waals surface area contributed by atoms with Crippen molar-refractivity contribution in [1.82, 2.24) is 4.98 Å². The third kappa shape index (κ3) is 3.43. The van der Waals surface area contributed by atoms with Crippen LogP contribution < -0.4 is 10.6 Å². The molecule has 1 aromatic heterocycles. The van der Waals surface area contributed by atoms with Crippen molar-refractivity contribution in [3.05, 3.63) is 23.4 Å². The van der Waals surface area contributed by atoms with E-state index in [9.17, 15) is 0 Å². The molecule has 1 aliphatic heterocycles. The maximum atomic E-state index is 5.71. The fourth-order valence-corrected chi connectivity index (χ4v) is 2.44. The number of rotatable bonds is 4. The molecule has 0 aromatic carbocycles. The van der Waals surface area contributed by atoms with Gasteiger partial charge in [0, 0.05) is 39.0 Å². The molecule has 1 aliphatic rings. The molecule has 2 rings (SSSR count). The monoisotopic (exact) mass is 249 g/mol. The van der Waals surface area contributed by atoms with Gasteiger partial charge in [0.15, 0.2) is 0 Å². The number of nitrogens with two attached hydrogens (primary N) is 1. The molecule has 0 amide bonds. The fourth-order valence-electron chi connectivity index (χ4n) is 2.44. The van der Waals surface area contributed by atoms with Crippen molar-refractivity contribution in [3.63, 3.8) is 0 Å². The van der Waals surface area contributed by atoms with Crippen molar-refractivity contribution >= 4 is 5.82 Å². The Morgan fingerprint density at radius 2 is 2.11 bits per heavy atom. The molecular weight excluding hydrogens is 226 g/mol. The van der Waals surface area contributed by atoms with Gasteiger partial charge in [0.05, 0.1) is 0 Å². The molecule has 18 heavy (non-hydrogen) atoms. The lowest BCUT2D eigenvalue weighted by Gasteiger charge is -2.28. The second-order valence-electron chi connectivity index (χ2n) is 5.12. The Morgan fingerprint density at radius 3 is 2.78 bits per heavy atom. The largest absolute Gasteiger partial charge is 0.381 e. The standard InChI is InChI=1S/C14H23N3O/c1-11-7-13(9-15)8-14(16-11)17(2)10-12-3-5-18-6-4-12/h7-8,12H,3-6,9-10,15H2,1-2H3. The molecule has 0 atom stereocenters. The van der Waals surface area contributed by atoms with Crippen LogP contribution >= 0.6 is 0 Å². The number of pyridine rings is 1. The number of hydrogen-bond acceptors (Lipinski definition) is 4. The predicted molar refractivity (Wildman–Crippen MR) is 73.7 cm³/mol. The minimum Gasteiger partial charge on any atom is -0.381 e. The predicted octanol–water partition coefficient (Wildman–Crippen LogP) is 1.71. The first-order valence-electron chi connectivity index (χ1n) is 6.65. The highest BCUT2D eigenvalue weighted by Gasteiger charge is 2.16. The van der Waals surface area contributed by atoms with Crippen LogP contribution in [0.4, 0.5) is 5.82 Å². The average Bonchev–Trinajstić information content (AvgIpc) is 2.39. The maximum Gasteiger partial charge on any atom is 0.128 e. The molecule has 1 fully saturated rings. The Bertz CT molecular complexity index is 389. The zero-order valence-electron chi connectivity index (χ0n) is 11.4. The summed E-state index contributed by atoms with van der Waals surface area (Å²) in [5, 5.41) is 0.